The smallest absolute Gasteiger partial charge is 0.0192 e. The molecule has 0 bridgehead atoms. The molecule has 164 valence electrons. The summed E-state index contributed by atoms with van der Waals surface area (Å²) < 4.78 is 0. The van der Waals surface area contributed by atoms with Crippen molar-refractivity contribution in [2.24, 2.45) is 17.3 Å². The van der Waals surface area contributed by atoms with Gasteiger partial charge in [-0.3, -0.25) is 4.90 Å². The van der Waals surface area contributed by atoms with Gasteiger partial charge in [-0.05, 0) is 69.6 Å². The molecule has 0 heterocycles. The molecular formula is C26H55N. The summed E-state index contributed by atoms with van der Waals surface area (Å²) in [4.78, 5) is 3.05. The molecule has 1 nitrogen and oxygen atoms in total. The van der Waals surface area contributed by atoms with Crippen LogP contribution in [0.4, 0.5) is 0 Å². The Morgan fingerprint density at radius 2 is 1.15 bits per heavy atom. The van der Waals surface area contributed by atoms with E-state index in [4.69, 9.17) is 0 Å². The van der Waals surface area contributed by atoms with Crippen molar-refractivity contribution in [1.82, 2.24) is 4.90 Å². The lowest BCUT2D eigenvalue weighted by Gasteiger charge is -2.58. The molecule has 0 amide bonds. The van der Waals surface area contributed by atoms with Crippen molar-refractivity contribution >= 4 is 0 Å². The van der Waals surface area contributed by atoms with Crippen LogP contribution in [0.5, 0.6) is 0 Å². The fourth-order valence-electron chi connectivity index (χ4n) is 5.62. The predicted molar refractivity (Wildman–Crippen MR) is 126 cm³/mol. The van der Waals surface area contributed by atoms with Crippen molar-refractivity contribution in [2.75, 3.05) is 0 Å². The van der Waals surface area contributed by atoms with Gasteiger partial charge in [0.25, 0.3) is 0 Å². The highest BCUT2D eigenvalue weighted by molar-refractivity contribution is 5.02. The molecule has 3 unspecified atom stereocenters. The first-order valence-electron chi connectivity index (χ1n) is 12.2. The van der Waals surface area contributed by atoms with Crippen molar-refractivity contribution < 1.29 is 0 Å². The first kappa shape index (κ1) is 27.0. The predicted octanol–water partition coefficient (Wildman–Crippen LogP) is 8.71. The van der Waals surface area contributed by atoms with Crippen LogP contribution in [-0.4, -0.2) is 22.0 Å². The van der Waals surface area contributed by atoms with E-state index in [1.807, 2.05) is 0 Å². The highest BCUT2D eigenvalue weighted by atomic mass is 15.3. The minimum absolute atomic E-state index is 0.260. The van der Waals surface area contributed by atoms with E-state index in [9.17, 15) is 0 Å². The normalized spacial score (nSPS) is 18.8. The lowest BCUT2D eigenvalue weighted by atomic mass is 9.69. The van der Waals surface area contributed by atoms with Gasteiger partial charge in [0.2, 0.25) is 0 Å². The number of rotatable bonds is 14. The molecule has 3 atom stereocenters. The summed E-state index contributed by atoms with van der Waals surface area (Å²) in [5.74, 6) is 1.49. The molecule has 27 heavy (non-hydrogen) atoms. The molecule has 0 fully saturated rings. The first-order chi connectivity index (χ1) is 12.4. The zero-order valence-corrected chi connectivity index (χ0v) is 21.3. The Morgan fingerprint density at radius 1 is 0.667 bits per heavy atom. The molecule has 0 radical (unpaired) electrons. The lowest BCUT2D eigenvalue weighted by molar-refractivity contribution is -0.0823. The average molecular weight is 382 g/mol. The zero-order chi connectivity index (χ0) is 21.5. The fourth-order valence-corrected chi connectivity index (χ4v) is 5.62. The standard InChI is InChI=1S/C26H55N/c1-13-23(18-21(6)7)27(25(11,16-4)19-22(8)9)26(12,17-5)20-24(10,14-2)15-3/h21-23H,13-20H2,1-12H3. The van der Waals surface area contributed by atoms with Crippen LogP contribution in [0.2, 0.25) is 0 Å². The van der Waals surface area contributed by atoms with E-state index in [1.54, 1.807) is 0 Å². The maximum atomic E-state index is 3.05. The summed E-state index contributed by atoms with van der Waals surface area (Å²) in [5.41, 5.74) is 0.971. The van der Waals surface area contributed by atoms with E-state index in [2.05, 4.69) is 88.0 Å². The van der Waals surface area contributed by atoms with E-state index in [-0.39, 0.29) is 11.1 Å². The second kappa shape index (κ2) is 11.2. The Balaban J connectivity index is 6.32. The Hall–Kier alpha value is -0.0400. The third-order valence-corrected chi connectivity index (χ3v) is 7.63. The van der Waals surface area contributed by atoms with Gasteiger partial charge in [0.05, 0.1) is 0 Å². The summed E-state index contributed by atoms with van der Waals surface area (Å²) in [6, 6.07) is 0.677. The van der Waals surface area contributed by atoms with Crippen LogP contribution in [0.1, 0.15) is 134 Å². The second-order valence-electron chi connectivity index (χ2n) is 11.1. The molecule has 0 N–H and O–H groups in total. The van der Waals surface area contributed by atoms with Gasteiger partial charge in [-0.25, -0.2) is 0 Å². The van der Waals surface area contributed by atoms with Crippen LogP contribution in [0, 0.1) is 17.3 Å². The Morgan fingerprint density at radius 3 is 1.44 bits per heavy atom. The summed E-state index contributed by atoms with van der Waals surface area (Å²) in [7, 11) is 0. The maximum absolute atomic E-state index is 3.05. The van der Waals surface area contributed by atoms with Crippen molar-refractivity contribution in [3.05, 3.63) is 0 Å². The summed E-state index contributed by atoms with van der Waals surface area (Å²) in [5, 5.41) is 0. The lowest BCUT2D eigenvalue weighted by Crippen LogP contribution is -2.63. The molecule has 0 aromatic heterocycles. The van der Waals surface area contributed by atoms with Gasteiger partial charge >= 0.3 is 0 Å². The van der Waals surface area contributed by atoms with Gasteiger partial charge < -0.3 is 0 Å². The molecule has 0 saturated heterocycles. The molecule has 0 saturated carbocycles. The second-order valence-corrected chi connectivity index (χ2v) is 11.1. The molecule has 0 aromatic carbocycles. The quantitative estimate of drug-likeness (QED) is 0.291. The Bertz CT molecular complexity index is 395. The third kappa shape index (κ3) is 7.37. The first-order valence-corrected chi connectivity index (χ1v) is 12.2. The molecule has 0 aliphatic heterocycles. The van der Waals surface area contributed by atoms with Gasteiger partial charge in [-0.2, -0.15) is 0 Å². The zero-order valence-electron chi connectivity index (χ0n) is 21.3. The molecule has 1 heteroatoms. The largest absolute Gasteiger partial charge is 0.290 e. The fraction of sp³-hybridized carbons (Fsp3) is 1.00. The van der Waals surface area contributed by atoms with E-state index in [0.29, 0.717) is 11.5 Å². The molecular weight excluding hydrogens is 326 g/mol. The third-order valence-electron chi connectivity index (χ3n) is 7.63. The van der Waals surface area contributed by atoms with E-state index in [0.717, 1.165) is 11.8 Å². The molecule has 0 spiro atoms. The highest BCUT2D eigenvalue weighted by Crippen LogP contribution is 2.46. The minimum atomic E-state index is 0.260. The van der Waals surface area contributed by atoms with E-state index in [1.165, 1.54) is 51.4 Å². The minimum Gasteiger partial charge on any atom is -0.290 e. The van der Waals surface area contributed by atoms with E-state index < -0.39 is 0 Å². The van der Waals surface area contributed by atoms with Crippen LogP contribution in [0.15, 0.2) is 0 Å². The topological polar surface area (TPSA) is 3.24 Å². The van der Waals surface area contributed by atoms with E-state index >= 15 is 0 Å². The summed E-state index contributed by atoms with van der Waals surface area (Å²) in [6.07, 6.45) is 10.2. The van der Waals surface area contributed by atoms with Crippen LogP contribution in [-0.2, 0) is 0 Å². The van der Waals surface area contributed by atoms with Gasteiger partial charge in [-0.15, -0.1) is 0 Å². The van der Waals surface area contributed by atoms with Crippen molar-refractivity contribution in [2.45, 2.75) is 152 Å². The van der Waals surface area contributed by atoms with Gasteiger partial charge in [0.1, 0.15) is 0 Å². The monoisotopic (exact) mass is 381 g/mol. The molecule has 0 aliphatic carbocycles. The van der Waals surface area contributed by atoms with Gasteiger partial charge in [0.15, 0.2) is 0 Å². The molecule has 0 rings (SSSR count). The van der Waals surface area contributed by atoms with Crippen molar-refractivity contribution in [3.63, 3.8) is 0 Å². The molecule has 0 aromatic rings. The van der Waals surface area contributed by atoms with Crippen molar-refractivity contribution in [3.8, 4) is 0 Å². The van der Waals surface area contributed by atoms with Crippen molar-refractivity contribution in [1.29, 1.82) is 0 Å². The average Bonchev–Trinajstić information content (AvgIpc) is 2.59. The van der Waals surface area contributed by atoms with Crippen LogP contribution in [0.25, 0.3) is 0 Å². The van der Waals surface area contributed by atoms with Crippen LogP contribution >= 0.6 is 0 Å². The molecule has 0 aliphatic rings. The SMILES string of the molecule is CCC(CC(C)C)N(C(C)(CC)CC(C)C)C(C)(CC)CC(C)(CC)CC. The Labute approximate surface area is 174 Å². The van der Waals surface area contributed by atoms with Gasteiger partial charge in [-0.1, -0.05) is 82.1 Å². The summed E-state index contributed by atoms with van der Waals surface area (Å²) >= 11 is 0. The van der Waals surface area contributed by atoms with Gasteiger partial charge in [0, 0.05) is 17.1 Å². The number of hydrogen-bond donors (Lipinski definition) is 0. The van der Waals surface area contributed by atoms with Crippen LogP contribution in [0.3, 0.4) is 0 Å². The highest BCUT2D eigenvalue weighted by Gasteiger charge is 2.47. The maximum Gasteiger partial charge on any atom is 0.0192 e. The number of nitrogens with zero attached hydrogens (tertiary/aromatic N) is 1. The number of hydrogen-bond acceptors (Lipinski definition) is 1. The Kier molecular flexibility index (Phi) is 11.2. The summed E-state index contributed by atoms with van der Waals surface area (Å²) in [6.45, 7) is 29.4. The van der Waals surface area contributed by atoms with Crippen LogP contribution < -0.4 is 0 Å².